The number of aryl methyl sites for hydroxylation is 3. The van der Waals surface area contributed by atoms with E-state index >= 15 is 0 Å². The Labute approximate surface area is 257 Å². The van der Waals surface area contributed by atoms with Gasteiger partial charge in [0.05, 0.1) is 17.5 Å². The summed E-state index contributed by atoms with van der Waals surface area (Å²) in [7, 11) is -3.99. The van der Waals surface area contributed by atoms with Crippen LogP contribution in [0.4, 0.5) is 0 Å². The molecule has 4 aromatic rings. The maximum absolute atomic E-state index is 14.0. The Morgan fingerprint density at radius 1 is 1.11 bits per heavy atom. The molecule has 0 bridgehead atoms. The summed E-state index contributed by atoms with van der Waals surface area (Å²) in [5, 5.41) is 19.1. The quantitative estimate of drug-likeness (QED) is 0.311. The molecule has 12 heteroatoms. The van der Waals surface area contributed by atoms with Crippen molar-refractivity contribution in [3.05, 3.63) is 76.5 Å². The normalized spacial score (nSPS) is 16.9. The van der Waals surface area contributed by atoms with Gasteiger partial charge >= 0.3 is 5.97 Å². The van der Waals surface area contributed by atoms with Crippen molar-refractivity contribution >= 4 is 27.0 Å². The fourth-order valence-electron chi connectivity index (χ4n) is 5.82. The Kier molecular flexibility index (Phi) is 9.05. The van der Waals surface area contributed by atoms with Gasteiger partial charge in [-0.2, -0.15) is 4.31 Å². The minimum Gasteiger partial charge on any atom is -0.481 e. The number of nitrogens with zero attached hydrogens (tertiary/aromatic N) is 5. The lowest BCUT2D eigenvalue weighted by Gasteiger charge is -2.33. The molecule has 1 N–H and O–H groups in total. The van der Waals surface area contributed by atoms with Gasteiger partial charge in [0, 0.05) is 38.4 Å². The zero-order valence-electron chi connectivity index (χ0n) is 25.8. The van der Waals surface area contributed by atoms with Gasteiger partial charge < -0.3 is 14.6 Å². The Morgan fingerprint density at radius 3 is 2.66 bits per heavy atom. The average molecular weight is 622 g/mol. The summed E-state index contributed by atoms with van der Waals surface area (Å²) in [5.74, 6) is -1.45. The molecule has 3 heterocycles. The third-order valence-electron chi connectivity index (χ3n) is 8.44. The van der Waals surface area contributed by atoms with Crippen LogP contribution in [0.15, 0.2) is 53.6 Å². The molecular formula is C32H39N5O6S. The number of pyridine rings is 1. The van der Waals surface area contributed by atoms with Gasteiger partial charge in [0.25, 0.3) is 0 Å². The van der Waals surface area contributed by atoms with E-state index < -0.39 is 27.3 Å². The summed E-state index contributed by atoms with van der Waals surface area (Å²) in [6.45, 7) is 11.2. The molecule has 1 atom stereocenters. The molecule has 11 nitrogen and oxygen atoms in total. The van der Waals surface area contributed by atoms with Gasteiger partial charge in [-0.3, -0.25) is 4.79 Å². The van der Waals surface area contributed by atoms with Crippen LogP contribution in [0.25, 0.3) is 11.0 Å². The van der Waals surface area contributed by atoms with Crippen molar-refractivity contribution in [1.29, 1.82) is 0 Å². The lowest BCUT2D eigenvalue weighted by atomic mass is 9.69. The largest absolute Gasteiger partial charge is 0.481 e. The first-order chi connectivity index (χ1) is 21.0. The molecule has 0 saturated heterocycles. The number of benzene rings is 2. The van der Waals surface area contributed by atoms with E-state index in [4.69, 9.17) is 9.47 Å². The molecular weight excluding hydrogens is 582 g/mol. The fraction of sp³-hybridized carbons (Fsp3) is 0.438. The number of ether oxygens (including phenoxy) is 2. The minimum atomic E-state index is -3.99. The lowest BCUT2D eigenvalue weighted by molar-refractivity contribution is -0.147. The Bertz CT molecular complexity index is 1790. The van der Waals surface area contributed by atoms with E-state index in [1.807, 2.05) is 55.8 Å². The highest BCUT2D eigenvalue weighted by Crippen LogP contribution is 2.44. The lowest BCUT2D eigenvalue weighted by Crippen LogP contribution is -2.34. The van der Waals surface area contributed by atoms with Crippen molar-refractivity contribution in [1.82, 2.24) is 24.3 Å². The highest BCUT2D eigenvalue weighted by Gasteiger charge is 2.40. The Morgan fingerprint density at radius 2 is 1.91 bits per heavy atom. The van der Waals surface area contributed by atoms with E-state index in [1.165, 1.54) is 16.6 Å². The van der Waals surface area contributed by atoms with Crippen LogP contribution in [0.5, 0.6) is 5.88 Å². The van der Waals surface area contributed by atoms with Gasteiger partial charge in [0.1, 0.15) is 17.0 Å². The second kappa shape index (κ2) is 12.6. The summed E-state index contributed by atoms with van der Waals surface area (Å²) in [6.07, 6.45) is 2.00. The number of fused-ring (bicyclic) bond motifs is 2. The first-order valence-electron chi connectivity index (χ1n) is 14.8. The number of hydrogen-bond acceptors (Lipinski definition) is 8. The average Bonchev–Trinajstić information content (AvgIpc) is 3.41. The molecule has 2 aromatic carbocycles. The summed E-state index contributed by atoms with van der Waals surface area (Å²) in [4.78, 5) is 16.9. The summed E-state index contributed by atoms with van der Waals surface area (Å²) in [6, 6.07) is 12.8. The van der Waals surface area contributed by atoms with Crippen molar-refractivity contribution in [3.8, 4) is 5.88 Å². The number of aliphatic carboxylic acids is 1. The van der Waals surface area contributed by atoms with E-state index in [9.17, 15) is 18.3 Å². The third-order valence-corrected chi connectivity index (χ3v) is 10.3. The van der Waals surface area contributed by atoms with Crippen LogP contribution in [0, 0.1) is 19.3 Å². The summed E-state index contributed by atoms with van der Waals surface area (Å²) >= 11 is 0. The van der Waals surface area contributed by atoms with Crippen LogP contribution in [0.3, 0.4) is 0 Å². The predicted molar refractivity (Wildman–Crippen MR) is 165 cm³/mol. The number of carboxylic acids is 1. The maximum atomic E-state index is 14.0. The van der Waals surface area contributed by atoms with Crippen molar-refractivity contribution in [2.24, 2.45) is 5.41 Å². The first kappa shape index (κ1) is 31.6. The highest BCUT2D eigenvalue weighted by molar-refractivity contribution is 7.89. The topological polar surface area (TPSA) is 137 Å². The van der Waals surface area contributed by atoms with Crippen LogP contribution < -0.4 is 4.74 Å². The minimum absolute atomic E-state index is 0.00430. The highest BCUT2D eigenvalue weighted by atomic mass is 32.2. The van der Waals surface area contributed by atoms with Crippen LogP contribution in [-0.4, -0.2) is 70.1 Å². The Balaban J connectivity index is 1.60. The van der Waals surface area contributed by atoms with Crippen LogP contribution in [-0.2, 0) is 32.6 Å². The monoisotopic (exact) mass is 621 g/mol. The zero-order valence-corrected chi connectivity index (χ0v) is 26.6. The van der Waals surface area contributed by atoms with Gasteiger partial charge in [0.15, 0.2) is 0 Å². The van der Waals surface area contributed by atoms with Gasteiger partial charge in [-0.15, -0.1) is 5.10 Å². The third kappa shape index (κ3) is 5.93. The van der Waals surface area contributed by atoms with Crippen LogP contribution in [0.1, 0.15) is 60.9 Å². The molecule has 0 aliphatic carbocycles. The molecule has 1 aliphatic rings. The standard InChI is InChI=1S/C32H39N5O6S/c1-6-37-26-13-12-25(22(3)29(26)34-35-37)28(32(4,5)31(38)39)23-11-10-21(2)24(19-23)20-36-15-8-16-42-17-18-43-30-27(44(36,40)41)9-7-14-33-30/h7,9-14,19,28H,6,8,15-18,20H2,1-5H3,(H,38,39)/t28-/m0/s1. The van der Waals surface area contributed by atoms with Crippen LogP contribution >= 0.6 is 0 Å². The molecule has 0 saturated carbocycles. The van der Waals surface area contributed by atoms with Gasteiger partial charge in [-0.25, -0.2) is 18.1 Å². The van der Waals surface area contributed by atoms with E-state index in [0.29, 0.717) is 26.2 Å². The van der Waals surface area contributed by atoms with Gasteiger partial charge in [0.2, 0.25) is 15.9 Å². The van der Waals surface area contributed by atoms with Crippen molar-refractivity contribution in [2.45, 2.75) is 64.9 Å². The van der Waals surface area contributed by atoms with Gasteiger partial charge in [-0.1, -0.05) is 29.5 Å². The van der Waals surface area contributed by atoms with E-state index in [2.05, 4.69) is 15.3 Å². The molecule has 0 radical (unpaired) electrons. The second-order valence-electron chi connectivity index (χ2n) is 11.7. The predicted octanol–water partition coefficient (Wildman–Crippen LogP) is 4.70. The van der Waals surface area contributed by atoms with E-state index in [-0.39, 0.29) is 30.5 Å². The number of carbonyl (C=O) groups is 1. The van der Waals surface area contributed by atoms with E-state index in [1.54, 1.807) is 19.9 Å². The second-order valence-corrected chi connectivity index (χ2v) is 13.6. The molecule has 1 aliphatic heterocycles. The zero-order chi connectivity index (χ0) is 31.6. The van der Waals surface area contributed by atoms with E-state index in [0.717, 1.165) is 38.9 Å². The Hall–Kier alpha value is -3.87. The molecule has 2 aromatic heterocycles. The molecule has 0 amide bonds. The number of carboxylic acid groups (broad SMARTS) is 1. The number of rotatable bonds is 7. The molecule has 0 spiro atoms. The van der Waals surface area contributed by atoms with Gasteiger partial charge in [-0.05, 0) is 87.1 Å². The maximum Gasteiger partial charge on any atom is 0.310 e. The number of hydrogen-bond donors (Lipinski definition) is 1. The van der Waals surface area contributed by atoms with Crippen molar-refractivity contribution < 1.29 is 27.8 Å². The first-order valence-corrected chi connectivity index (χ1v) is 16.2. The number of aromatic nitrogens is 4. The van der Waals surface area contributed by atoms with Crippen molar-refractivity contribution in [3.63, 3.8) is 0 Å². The molecule has 44 heavy (non-hydrogen) atoms. The van der Waals surface area contributed by atoms with Crippen LogP contribution in [0.2, 0.25) is 0 Å². The molecule has 0 unspecified atom stereocenters. The molecule has 5 rings (SSSR count). The SMILES string of the molecule is CCn1nnc2c(C)c([C@H](c3ccc(C)c(CN4CCCOCCOc5ncccc5S4(=O)=O)c3)C(C)(C)C(=O)O)ccc21. The number of sulfonamides is 1. The molecule has 0 fully saturated rings. The van der Waals surface area contributed by atoms with Crippen molar-refractivity contribution in [2.75, 3.05) is 26.4 Å². The summed E-state index contributed by atoms with van der Waals surface area (Å²) < 4.78 is 42.6. The summed E-state index contributed by atoms with van der Waals surface area (Å²) in [5.41, 5.74) is 4.55. The fourth-order valence-corrected chi connectivity index (χ4v) is 7.35. The molecule has 234 valence electrons. The smallest absolute Gasteiger partial charge is 0.310 e.